The van der Waals surface area contributed by atoms with Crippen LogP contribution in [0, 0.1) is 13.8 Å². The van der Waals surface area contributed by atoms with Crippen LogP contribution in [0.5, 0.6) is 0 Å². The number of benzene rings is 1. The van der Waals surface area contributed by atoms with Crippen LogP contribution in [0.15, 0.2) is 30.6 Å². The van der Waals surface area contributed by atoms with Gasteiger partial charge >= 0.3 is 0 Å². The third kappa shape index (κ3) is 2.14. The van der Waals surface area contributed by atoms with Crippen LogP contribution in [0.1, 0.15) is 22.5 Å². The monoisotopic (exact) mass is 215 g/mol. The van der Waals surface area contributed by atoms with Gasteiger partial charge in [0.1, 0.15) is 5.82 Å². The molecule has 0 unspecified atom stereocenters. The second kappa shape index (κ2) is 4.49. The largest absolute Gasteiger partial charge is 0.329 e. The second-order valence-electron chi connectivity index (χ2n) is 4.11. The van der Waals surface area contributed by atoms with Gasteiger partial charge in [-0.3, -0.25) is 0 Å². The van der Waals surface area contributed by atoms with Crippen LogP contribution >= 0.6 is 0 Å². The van der Waals surface area contributed by atoms with E-state index in [1.165, 1.54) is 16.7 Å². The number of hydrogen-bond donors (Lipinski definition) is 1. The first-order valence-electron chi connectivity index (χ1n) is 5.47. The summed E-state index contributed by atoms with van der Waals surface area (Å²) in [4.78, 5) is 4.22. The minimum absolute atomic E-state index is 0.484. The van der Waals surface area contributed by atoms with Crippen molar-refractivity contribution in [3.8, 4) is 0 Å². The zero-order valence-electron chi connectivity index (χ0n) is 9.77. The lowest BCUT2D eigenvalue weighted by molar-refractivity contribution is 0.721. The van der Waals surface area contributed by atoms with Gasteiger partial charge in [-0.1, -0.05) is 23.8 Å². The molecule has 3 heteroatoms. The molecule has 3 nitrogen and oxygen atoms in total. The predicted octanol–water partition coefficient (Wildman–Crippen LogP) is 2.01. The number of nitrogens with zero attached hydrogens (tertiary/aromatic N) is 2. The summed E-state index contributed by atoms with van der Waals surface area (Å²) in [5, 5.41) is 0. The lowest BCUT2D eigenvalue weighted by Crippen LogP contribution is -2.09. The molecule has 2 rings (SSSR count). The molecule has 0 amide bonds. The van der Waals surface area contributed by atoms with Gasteiger partial charge in [-0.05, 0) is 25.0 Å². The minimum Gasteiger partial charge on any atom is -0.329 e. The van der Waals surface area contributed by atoms with Crippen molar-refractivity contribution in [1.82, 2.24) is 9.55 Å². The molecular formula is C13H17N3. The maximum atomic E-state index is 5.63. The maximum Gasteiger partial charge on any atom is 0.122 e. The highest BCUT2D eigenvalue weighted by atomic mass is 15.1. The van der Waals surface area contributed by atoms with E-state index in [1.807, 2.05) is 6.20 Å². The van der Waals surface area contributed by atoms with Gasteiger partial charge in [0.05, 0.1) is 6.54 Å². The topological polar surface area (TPSA) is 43.8 Å². The normalized spacial score (nSPS) is 10.7. The molecule has 0 saturated carbocycles. The first kappa shape index (κ1) is 10.9. The van der Waals surface area contributed by atoms with Crippen molar-refractivity contribution in [2.45, 2.75) is 26.9 Å². The lowest BCUT2D eigenvalue weighted by Gasteiger charge is -2.10. The third-order valence-corrected chi connectivity index (χ3v) is 2.83. The molecule has 0 aliphatic rings. The van der Waals surface area contributed by atoms with Crippen molar-refractivity contribution in [2.75, 3.05) is 0 Å². The molecule has 16 heavy (non-hydrogen) atoms. The number of nitrogens with two attached hydrogens (primary N) is 1. The van der Waals surface area contributed by atoms with E-state index in [-0.39, 0.29) is 0 Å². The fraction of sp³-hybridized carbons (Fsp3) is 0.308. The van der Waals surface area contributed by atoms with Gasteiger partial charge in [0.25, 0.3) is 0 Å². The summed E-state index contributed by atoms with van der Waals surface area (Å²) in [5.41, 5.74) is 9.55. The molecule has 0 bridgehead atoms. The van der Waals surface area contributed by atoms with Gasteiger partial charge in [0.2, 0.25) is 0 Å². The summed E-state index contributed by atoms with van der Waals surface area (Å²) >= 11 is 0. The molecule has 0 fully saturated rings. The number of aromatic nitrogens is 2. The Balaban J connectivity index is 2.30. The summed E-state index contributed by atoms with van der Waals surface area (Å²) in [7, 11) is 0. The van der Waals surface area contributed by atoms with Crippen molar-refractivity contribution >= 4 is 0 Å². The number of imidazole rings is 1. The number of aryl methyl sites for hydroxylation is 2. The van der Waals surface area contributed by atoms with E-state index in [2.05, 4.69) is 41.6 Å². The summed E-state index contributed by atoms with van der Waals surface area (Å²) in [6, 6.07) is 6.51. The quantitative estimate of drug-likeness (QED) is 0.851. The Morgan fingerprint density at radius 3 is 2.88 bits per heavy atom. The Morgan fingerprint density at radius 1 is 1.31 bits per heavy atom. The Bertz CT molecular complexity index is 486. The molecule has 1 aromatic carbocycles. The standard InChI is InChI=1S/C13H17N3/c1-10-3-4-11(2)12(7-10)9-16-6-5-15-13(16)8-14/h3-7H,8-9,14H2,1-2H3. The maximum absolute atomic E-state index is 5.63. The van der Waals surface area contributed by atoms with Gasteiger partial charge in [-0.2, -0.15) is 0 Å². The molecule has 0 aliphatic carbocycles. The Labute approximate surface area is 95.9 Å². The van der Waals surface area contributed by atoms with Crippen LogP contribution in [0.25, 0.3) is 0 Å². The van der Waals surface area contributed by atoms with Gasteiger partial charge in [-0.15, -0.1) is 0 Å². The molecule has 2 aromatic rings. The van der Waals surface area contributed by atoms with Gasteiger partial charge in [0.15, 0.2) is 0 Å². The first-order valence-corrected chi connectivity index (χ1v) is 5.47. The molecule has 1 heterocycles. The average molecular weight is 215 g/mol. The van der Waals surface area contributed by atoms with Crippen molar-refractivity contribution in [1.29, 1.82) is 0 Å². The average Bonchev–Trinajstić information content (AvgIpc) is 2.71. The highest BCUT2D eigenvalue weighted by molar-refractivity contribution is 5.30. The predicted molar refractivity (Wildman–Crippen MR) is 65.1 cm³/mol. The lowest BCUT2D eigenvalue weighted by atomic mass is 10.1. The molecule has 0 aliphatic heterocycles. The van der Waals surface area contributed by atoms with Gasteiger partial charge in [0, 0.05) is 18.9 Å². The smallest absolute Gasteiger partial charge is 0.122 e. The van der Waals surface area contributed by atoms with E-state index >= 15 is 0 Å². The molecular weight excluding hydrogens is 198 g/mol. The van der Waals surface area contributed by atoms with Crippen molar-refractivity contribution in [2.24, 2.45) is 5.73 Å². The van der Waals surface area contributed by atoms with Gasteiger partial charge in [-0.25, -0.2) is 4.98 Å². The fourth-order valence-electron chi connectivity index (χ4n) is 1.83. The highest BCUT2D eigenvalue weighted by Crippen LogP contribution is 2.13. The van der Waals surface area contributed by atoms with Crippen LogP contribution in [-0.4, -0.2) is 9.55 Å². The van der Waals surface area contributed by atoms with Crippen molar-refractivity contribution < 1.29 is 0 Å². The summed E-state index contributed by atoms with van der Waals surface area (Å²) < 4.78 is 2.10. The summed E-state index contributed by atoms with van der Waals surface area (Å²) in [6.07, 6.45) is 3.78. The van der Waals surface area contributed by atoms with Crippen molar-refractivity contribution in [3.05, 3.63) is 53.1 Å². The van der Waals surface area contributed by atoms with E-state index in [4.69, 9.17) is 5.73 Å². The van der Waals surface area contributed by atoms with E-state index < -0.39 is 0 Å². The van der Waals surface area contributed by atoms with Crippen LogP contribution in [0.4, 0.5) is 0 Å². The second-order valence-corrected chi connectivity index (χ2v) is 4.11. The van der Waals surface area contributed by atoms with E-state index in [1.54, 1.807) is 6.20 Å². The van der Waals surface area contributed by atoms with Crippen LogP contribution in [-0.2, 0) is 13.1 Å². The fourth-order valence-corrected chi connectivity index (χ4v) is 1.83. The van der Waals surface area contributed by atoms with E-state index in [0.717, 1.165) is 12.4 Å². The SMILES string of the molecule is Cc1ccc(C)c(Cn2ccnc2CN)c1. The van der Waals surface area contributed by atoms with Crippen LogP contribution < -0.4 is 5.73 Å². The number of rotatable bonds is 3. The summed E-state index contributed by atoms with van der Waals surface area (Å²) in [6.45, 7) is 5.58. The zero-order valence-corrected chi connectivity index (χ0v) is 9.77. The molecule has 2 N–H and O–H groups in total. The minimum atomic E-state index is 0.484. The van der Waals surface area contributed by atoms with Crippen molar-refractivity contribution in [3.63, 3.8) is 0 Å². The number of hydrogen-bond acceptors (Lipinski definition) is 2. The molecule has 0 saturated heterocycles. The highest BCUT2D eigenvalue weighted by Gasteiger charge is 2.03. The third-order valence-electron chi connectivity index (χ3n) is 2.83. The zero-order chi connectivity index (χ0) is 11.5. The van der Waals surface area contributed by atoms with E-state index in [9.17, 15) is 0 Å². The molecule has 0 spiro atoms. The summed E-state index contributed by atoms with van der Waals surface area (Å²) in [5.74, 6) is 0.931. The van der Waals surface area contributed by atoms with E-state index in [0.29, 0.717) is 6.54 Å². The molecule has 1 aromatic heterocycles. The van der Waals surface area contributed by atoms with Crippen LogP contribution in [0.2, 0.25) is 0 Å². The Hall–Kier alpha value is -1.61. The Kier molecular flexibility index (Phi) is 3.06. The molecule has 0 radical (unpaired) electrons. The van der Waals surface area contributed by atoms with Gasteiger partial charge < -0.3 is 10.3 Å². The van der Waals surface area contributed by atoms with Crippen LogP contribution in [0.3, 0.4) is 0 Å². The Morgan fingerprint density at radius 2 is 2.12 bits per heavy atom. The first-order chi connectivity index (χ1) is 7.70. The molecule has 0 atom stereocenters. The molecule has 84 valence electrons.